The van der Waals surface area contributed by atoms with Gasteiger partial charge in [0, 0.05) is 25.7 Å². The Hall–Kier alpha value is -1.63. The average molecular weight is 581 g/mol. The number of phenols is 1. The van der Waals surface area contributed by atoms with Crippen LogP contribution in [0.15, 0.2) is 40.7 Å². The molecule has 0 spiro atoms. The van der Waals surface area contributed by atoms with E-state index in [4.69, 9.17) is 4.74 Å². The molecule has 38 heavy (non-hydrogen) atoms. The first-order chi connectivity index (χ1) is 17.1. The molecule has 0 bridgehead atoms. The predicted octanol–water partition coefficient (Wildman–Crippen LogP) is -9.07. The number of nitrogens with zero attached hydrogens (tertiary/aromatic N) is 5. The summed E-state index contributed by atoms with van der Waals surface area (Å²) in [4.78, 5) is 50.9. The molecule has 18 heteroatoms. The molecule has 14 nitrogen and oxygen atoms in total. The van der Waals surface area contributed by atoms with Gasteiger partial charge >= 0.3 is 59.1 Å². The molecular weight excluding hydrogens is 562 g/mol. The van der Waals surface area contributed by atoms with Crippen molar-refractivity contribution in [3.63, 3.8) is 0 Å². The predicted molar refractivity (Wildman–Crippen MR) is 118 cm³/mol. The van der Waals surface area contributed by atoms with Crippen molar-refractivity contribution < 1.29 is 98.3 Å². The third-order valence-corrected chi connectivity index (χ3v) is 8.09. The third-order valence-electron chi connectivity index (χ3n) is 5.62. The Morgan fingerprint density at radius 2 is 1.95 bits per heavy atom. The second-order valence-electron chi connectivity index (χ2n) is 7.72. The fraction of sp³-hybridized carbons (Fsp3) is 0.350. The number of aromatic nitrogens is 4. The fourth-order valence-corrected chi connectivity index (χ4v) is 6.28. The van der Waals surface area contributed by atoms with Gasteiger partial charge in [-0.2, -0.15) is 0 Å². The average Bonchev–Trinajstić information content (AvgIpc) is 3.25. The van der Waals surface area contributed by atoms with Crippen LogP contribution < -0.4 is 74.6 Å². The van der Waals surface area contributed by atoms with Crippen LogP contribution >= 0.6 is 23.5 Å². The normalized spacial score (nSPS) is 20.8. The molecule has 2 N–H and O–H groups in total. The number of β-lactam (4-membered cyclic amide) rings is 1. The summed E-state index contributed by atoms with van der Waals surface area (Å²) >= 11 is 2.29. The Balaban J connectivity index is 0.00000253. The van der Waals surface area contributed by atoms with Crippen LogP contribution in [0.2, 0.25) is 0 Å². The number of tetrazole rings is 1. The smallest absolute Gasteiger partial charge is 0.549 e. The first-order valence-corrected chi connectivity index (χ1v) is 12.2. The van der Waals surface area contributed by atoms with Gasteiger partial charge in [0.15, 0.2) is 0 Å². The Labute approximate surface area is 268 Å². The number of carbonyl (C=O) groups is 4. The Kier molecular flexibility index (Phi) is 11.3. The number of nitrogens with one attached hydrogen (secondary N) is 1. The Morgan fingerprint density at radius 3 is 2.47 bits per heavy atom. The molecule has 1 aromatic carbocycles. The van der Waals surface area contributed by atoms with Gasteiger partial charge in [-0.15, -0.1) is 16.9 Å². The molecule has 3 atom stereocenters. The third kappa shape index (κ3) is 5.93. The molecule has 1 aromatic heterocycles. The molecule has 2 aliphatic heterocycles. The number of fused-ring (bicyclic) bond motifs is 1. The molecule has 0 saturated carbocycles. The number of methoxy groups -OCH3 is 1. The van der Waals surface area contributed by atoms with E-state index in [1.165, 1.54) is 40.7 Å². The Morgan fingerprint density at radius 1 is 1.29 bits per heavy atom. The molecule has 3 heterocycles. The fourth-order valence-electron chi connectivity index (χ4n) is 3.85. The van der Waals surface area contributed by atoms with Crippen molar-refractivity contribution in [2.45, 2.75) is 22.2 Å². The van der Waals surface area contributed by atoms with Crippen molar-refractivity contribution in [2.24, 2.45) is 7.05 Å². The number of thioether (sulfide) groups is 2. The zero-order valence-corrected chi connectivity index (χ0v) is 26.4. The van der Waals surface area contributed by atoms with Crippen LogP contribution in [0.5, 0.6) is 5.75 Å². The molecule has 0 radical (unpaired) electrons. The SMILES string of the molecule is CO[C@@]1(NC(=O)C(C(=O)[O-])c2ccc(O)cc2)C(=O)N2C(C(=O)[O-])=C(CSc3nnnn3C)CSC21.[Na+].[Na+]. The molecular formula is C20H18N6Na2O8S2. The van der Waals surface area contributed by atoms with Crippen LogP contribution in [0, 0.1) is 0 Å². The van der Waals surface area contributed by atoms with E-state index in [1.807, 2.05) is 0 Å². The zero-order valence-electron chi connectivity index (χ0n) is 20.7. The minimum Gasteiger partial charge on any atom is -0.549 e. The number of phenolic OH excluding ortho intramolecular Hbond substituents is 1. The zero-order chi connectivity index (χ0) is 26.2. The number of carboxylic acids is 2. The van der Waals surface area contributed by atoms with E-state index < -0.39 is 40.8 Å². The molecule has 190 valence electrons. The van der Waals surface area contributed by atoms with Gasteiger partial charge < -0.3 is 35.0 Å². The number of carbonyl (C=O) groups excluding carboxylic acids is 4. The van der Waals surface area contributed by atoms with Crippen LogP contribution in [-0.2, 0) is 31.0 Å². The second-order valence-corrected chi connectivity index (χ2v) is 9.74. The number of rotatable bonds is 9. The van der Waals surface area contributed by atoms with E-state index >= 15 is 0 Å². The maximum Gasteiger partial charge on any atom is 1.00 e. The van der Waals surface area contributed by atoms with Crippen LogP contribution in [-0.4, -0.2) is 83.7 Å². The number of ether oxygens (including phenoxy) is 1. The van der Waals surface area contributed by atoms with Gasteiger partial charge in [0.1, 0.15) is 17.0 Å². The standard InChI is InChI=1S/C20H20N6O8S2.2Na/c1-25-19(22-23-24-25)36-8-10-7-35-18-20(34-2,17(33)26(18)13(10)16(31)32)21-14(28)12(15(29)30)9-3-5-11(27)6-4-9;;/h3-6,12,18,27H,7-8H2,1-2H3,(H,21,28)(H,29,30)(H,31,32);;/q;2*+1/p-2/t12?,18?,20-;;/m0../s1. The van der Waals surface area contributed by atoms with E-state index in [9.17, 15) is 34.5 Å². The monoisotopic (exact) mass is 580 g/mol. The van der Waals surface area contributed by atoms with Crippen LogP contribution in [0.3, 0.4) is 0 Å². The summed E-state index contributed by atoms with van der Waals surface area (Å²) in [5.41, 5.74) is -1.99. The number of hydrogen-bond acceptors (Lipinski definition) is 13. The van der Waals surface area contributed by atoms with Crippen LogP contribution in [0.1, 0.15) is 11.5 Å². The minimum absolute atomic E-state index is 0. The van der Waals surface area contributed by atoms with Gasteiger partial charge in [0.25, 0.3) is 11.6 Å². The van der Waals surface area contributed by atoms with E-state index in [-0.39, 0.29) is 87.6 Å². The van der Waals surface area contributed by atoms with Crippen molar-refractivity contribution >= 4 is 47.3 Å². The molecule has 1 saturated heterocycles. The quantitative estimate of drug-likeness (QED) is 0.0931. The molecule has 1 fully saturated rings. The largest absolute Gasteiger partial charge is 1.00 e. The summed E-state index contributed by atoms with van der Waals surface area (Å²) < 4.78 is 6.75. The van der Waals surface area contributed by atoms with Crippen molar-refractivity contribution in [2.75, 3.05) is 18.6 Å². The molecule has 2 amide bonds. The van der Waals surface area contributed by atoms with Gasteiger partial charge in [-0.1, -0.05) is 23.9 Å². The van der Waals surface area contributed by atoms with Crippen molar-refractivity contribution in [3.05, 3.63) is 41.1 Å². The summed E-state index contributed by atoms with van der Waals surface area (Å²) in [5, 5.41) is 46.0. The second kappa shape index (κ2) is 13.1. The van der Waals surface area contributed by atoms with Gasteiger partial charge in [0.2, 0.25) is 11.1 Å². The maximum absolute atomic E-state index is 13.2. The Bertz CT molecular complexity index is 1280. The molecule has 2 aromatic rings. The summed E-state index contributed by atoms with van der Waals surface area (Å²) in [7, 11) is 2.76. The summed E-state index contributed by atoms with van der Waals surface area (Å²) in [5.74, 6) is -6.99. The van der Waals surface area contributed by atoms with Crippen molar-refractivity contribution in [1.29, 1.82) is 0 Å². The first-order valence-electron chi connectivity index (χ1n) is 10.2. The van der Waals surface area contributed by atoms with E-state index in [2.05, 4.69) is 20.8 Å². The van der Waals surface area contributed by atoms with Crippen molar-refractivity contribution in [3.8, 4) is 5.75 Å². The number of hydrogen-bond donors (Lipinski definition) is 2. The first kappa shape index (κ1) is 32.6. The van der Waals surface area contributed by atoms with Crippen LogP contribution in [0.4, 0.5) is 0 Å². The molecule has 2 unspecified atom stereocenters. The number of benzene rings is 1. The number of carboxylic acid groups (broad SMARTS) is 2. The van der Waals surface area contributed by atoms with Gasteiger partial charge in [-0.3, -0.25) is 14.5 Å². The summed E-state index contributed by atoms with van der Waals surface area (Å²) in [6.45, 7) is 0. The number of aryl methyl sites for hydroxylation is 1. The molecule has 0 aliphatic carbocycles. The summed E-state index contributed by atoms with van der Waals surface area (Å²) in [6.07, 6.45) is 0. The molecule has 4 rings (SSSR count). The van der Waals surface area contributed by atoms with Gasteiger partial charge in [0.05, 0.1) is 17.6 Å². The number of aromatic hydroxyl groups is 1. The van der Waals surface area contributed by atoms with Crippen molar-refractivity contribution in [1.82, 2.24) is 30.4 Å². The topological polar surface area (TPSA) is 203 Å². The maximum atomic E-state index is 13.2. The van der Waals surface area contributed by atoms with E-state index in [1.54, 1.807) is 7.05 Å². The van der Waals surface area contributed by atoms with Crippen LogP contribution in [0.25, 0.3) is 0 Å². The van der Waals surface area contributed by atoms with Gasteiger partial charge in [-0.05, 0) is 33.7 Å². The minimum atomic E-state index is -2.01. The number of aliphatic carboxylic acids is 2. The van der Waals surface area contributed by atoms with Gasteiger partial charge in [-0.25, -0.2) is 4.68 Å². The summed E-state index contributed by atoms with van der Waals surface area (Å²) in [6, 6.07) is 4.86. The van der Waals surface area contributed by atoms with E-state index in [0.29, 0.717) is 10.7 Å². The van der Waals surface area contributed by atoms with E-state index in [0.717, 1.165) is 23.8 Å². The molecule has 2 aliphatic rings. The number of amides is 2.